The summed E-state index contributed by atoms with van der Waals surface area (Å²) in [6.07, 6.45) is 7.87. The number of carbonyl (C=O) groups is 1. The van der Waals surface area contributed by atoms with Gasteiger partial charge in [-0.2, -0.15) is 0 Å². The number of nitrogens with one attached hydrogen (secondary N) is 1. The molecular weight excluding hydrogens is 210 g/mol. The molecule has 2 heteroatoms. The highest BCUT2D eigenvalue weighted by Gasteiger charge is 2.05. The molecule has 0 bridgehead atoms. The molecule has 1 aromatic rings. The van der Waals surface area contributed by atoms with E-state index in [1.807, 2.05) is 43.3 Å². The highest BCUT2D eigenvalue weighted by Crippen LogP contribution is 2.09. The molecule has 0 spiro atoms. The zero-order valence-electron chi connectivity index (χ0n) is 10.0. The molecule has 0 radical (unpaired) electrons. The number of hydrogen-bond acceptors (Lipinski definition) is 1. The van der Waals surface area contributed by atoms with Crippen molar-refractivity contribution in [1.82, 2.24) is 0 Å². The number of anilines is 1. The Bertz CT molecular complexity index is 429. The fourth-order valence-electron chi connectivity index (χ4n) is 1.35. The van der Waals surface area contributed by atoms with Crippen molar-refractivity contribution in [2.45, 2.75) is 13.3 Å². The molecule has 1 N–H and O–H groups in total. The second kappa shape index (κ2) is 7.23. The highest BCUT2D eigenvalue weighted by molar-refractivity contribution is 6.05. The van der Waals surface area contributed by atoms with Crippen molar-refractivity contribution in [3.05, 3.63) is 66.8 Å². The van der Waals surface area contributed by atoms with Gasteiger partial charge in [0.25, 0.3) is 5.91 Å². The Hall–Kier alpha value is -2.09. The summed E-state index contributed by atoms with van der Waals surface area (Å²) in [6, 6.07) is 9.41. The van der Waals surface area contributed by atoms with E-state index in [4.69, 9.17) is 0 Å². The van der Waals surface area contributed by atoms with Gasteiger partial charge in [0.05, 0.1) is 0 Å². The van der Waals surface area contributed by atoms with E-state index in [1.165, 1.54) is 0 Å². The van der Waals surface area contributed by atoms with Crippen molar-refractivity contribution in [1.29, 1.82) is 0 Å². The van der Waals surface area contributed by atoms with E-state index in [0.29, 0.717) is 5.57 Å². The van der Waals surface area contributed by atoms with Crippen LogP contribution in [0.5, 0.6) is 0 Å². The maximum absolute atomic E-state index is 11.9. The second-order valence-corrected chi connectivity index (χ2v) is 3.48. The fourth-order valence-corrected chi connectivity index (χ4v) is 1.35. The normalized spacial score (nSPS) is 11.5. The summed E-state index contributed by atoms with van der Waals surface area (Å²) < 4.78 is 0. The molecule has 0 saturated carbocycles. The molecule has 2 nitrogen and oxygen atoms in total. The van der Waals surface area contributed by atoms with Gasteiger partial charge in [0.1, 0.15) is 0 Å². The Balaban J connectivity index is 2.76. The van der Waals surface area contributed by atoms with Crippen LogP contribution in [0.3, 0.4) is 0 Å². The molecule has 0 fully saturated rings. The Morgan fingerprint density at radius 3 is 2.65 bits per heavy atom. The average molecular weight is 227 g/mol. The van der Waals surface area contributed by atoms with Crippen LogP contribution in [-0.4, -0.2) is 5.91 Å². The lowest BCUT2D eigenvalue weighted by Crippen LogP contribution is -2.13. The van der Waals surface area contributed by atoms with Crippen LogP contribution in [0, 0.1) is 0 Å². The van der Waals surface area contributed by atoms with Crippen LogP contribution in [0.25, 0.3) is 0 Å². The molecule has 1 amide bonds. The predicted molar refractivity (Wildman–Crippen MR) is 72.8 cm³/mol. The van der Waals surface area contributed by atoms with Crippen molar-refractivity contribution in [2.75, 3.05) is 5.32 Å². The van der Waals surface area contributed by atoms with Crippen LogP contribution in [0.4, 0.5) is 5.69 Å². The van der Waals surface area contributed by atoms with Gasteiger partial charge in [0.15, 0.2) is 0 Å². The molecule has 88 valence electrons. The van der Waals surface area contributed by atoms with Crippen LogP contribution >= 0.6 is 0 Å². The van der Waals surface area contributed by atoms with Gasteiger partial charge in [-0.05, 0) is 24.6 Å². The van der Waals surface area contributed by atoms with Crippen molar-refractivity contribution in [3.8, 4) is 0 Å². The Morgan fingerprint density at radius 1 is 1.35 bits per heavy atom. The minimum Gasteiger partial charge on any atom is -0.322 e. The quantitative estimate of drug-likeness (QED) is 0.603. The standard InChI is InChI=1S/C15H17NO/c1-3-5-10-13(9-4-2)15(17)16-14-11-7-6-8-12-14/h3,5-12H,1,4H2,2H3,(H,16,17)/b10-5-,13-9+. The van der Waals surface area contributed by atoms with Gasteiger partial charge >= 0.3 is 0 Å². The maximum atomic E-state index is 11.9. The third-order valence-corrected chi connectivity index (χ3v) is 2.13. The van der Waals surface area contributed by atoms with E-state index in [0.717, 1.165) is 12.1 Å². The first kappa shape index (κ1) is 13.0. The summed E-state index contributed by atoms with van der Waals surface area (Å²) in [6.45, 7) is 5.59. The van der Waals surface area contributed by atoms with Crippen molar-refractivity contribution in [2.24, 2.45) is 0 Å². The first-order valence-corrected chi connectivity index (χ1v) is 5.63. The third-order valence-electron chi connectivity index (χ3n) is 2.13. The van der Waals surface area contributed by atoms with Gasteiger partial charge < -0.3 is 5.32 Å². The lowest BCUT2D eigenvalue weighted by molar-refractivity contribution is -0.112. The third kappa shape index (κ3) is 4.51. The molecular formula is C15H17NO. The average Bonchev–Trinajstić information content (AvgIpc) is 2.35. The SMILES string of the molecule is C=C/C=C\C(=C/CC)C(=O)Nc1ccccc1. The number of carbonyl (C=O) groups excluding carboxylic acids is 1. The number of rotatable bonds is 5. The summed E-state index contributed by atoms with van der Waals surface area (Å²) in [5, 5.41) is 2.84. The lowest BCUT2D eigenvalue weighted by Gasteiger charge is -2.05. The van der Waals surface area contributed by atoms with E-state index < -0.39 is 0 Å². The van der Waals surface area contributed by atoms with E-state index in [1.54, 1.807) is 18.2 Å². The molecule has 0 aliphatic carbocycles. The second-order valence-electron chi connectivity index (χ2n) is 3.48. The van der Waals surface area contributed by atoms with E-state index in [9.17, 15) is 4.79 Å². The van der Waals surface area contributed by atoms with Gasteiger partial charge in [-0.15, -0.1) is 0 Å². The molecule has 17 heavy (non-hydrogen) atoms. The fraction of sp³-hybridized carbons (Fsp3) is 0.133. The van der Waals surface area contributed by atoms with Crippen molar-refractivity contribution >= 4 is 11.6 Å². The number of para-hydroxylation sites is 1. The smallest absolute Gasteiger partial charge is 0.255 e. The van der Waals surface area contributed by atoms with Crippen LogP contribution in [0.15, 0.2) is 66.8 Å². The van der Waals surface area contributed by atoms with Gasteiger partial charge in [-0.1, -0.05) is 49.9 Å². The topological polar surface area (TPSA) is 29.1 Å². The molecule has 0 atom stereocenters. The lowest BCUT2D eigenvalue weighted by atomic mass is 10.2. The van der Waals surface area contributed by atoms with Crippen LogP contribution in [-0.2, 0) is 4.79 Å². The maximum Gasteiger partial charge on any atom is 0.255 e. The van der Waals surface area contributed by atoms with Crippen LogP contribution in [0.2, 0.25) is 0 Å². The molecule has 0 aromatic heterocycles. The summed E-state index contributed by atoms with van der Waals surface area (Å²) in [5.74, 6) is -0.101. The summed E-state index contributed by atoms with van der Waals surface area (Å²) in [5.41, 5.74) is 1.45. The monoisotopic (exact) mass is 227 g/mol. The first-order valence-electron chi connectivity index (χ1n) is 5.63. The minimum atomic E-state index is -0.101. The highest BCUT2D eigenvalue weighted by atomic mass is 16.1. The molecule has 0 aliphatic rings. The van der Waals surface area contributed by atoms with Crippen molar-refractivity contribution in [3.63, 3.8) is 0 Å². The number of hydrogen-bond donors (Lipinski definition) is 1. The van der Waals surface area contributed by atoms with Gasteiger partial charge in [0.2, 0.25) is 0 Å². The summed E-state index contributed by atoms with van der Waals surface area (Å²) >= 11 is 0. The largest absolute Gasteiger partial charge is 0.322 e. The first-order chi connectivity index (χ1) is 8.27. The van der Waals surface area contributed by atoms with E-state index in [-0.39, 0.29) is 5.91 Å². The Labute approximate surface area is 102 Å². The van der Waals surface area contributed by atoms with Gasteiger partial charge in [0, 0.05) is 11.3 Å². The Kier molecular flexibility index (Phi) is 5.52. The molecule has 0 heterocycles. The Morgan fingerprint density at radius 2 is 2.06 bits per heavy atom. The summed E-state index contributed by atoms with van der Waals surface area (Å²) in [4.78, 5) is 11.9. The molecule has 1 rings (SSSR count). The number of allylic oxidation sites excluding steroid dienone is 3. The van der Waals surface area contributed by atoms with E-state index in [2.05, 4.69) is 11.9 Å². The zero-order chi connectivity index (χ0) is 12.5. The predicted octanol–water partition coefficient (Wildman–Crippen LogP) is 3.70. The zero-order valence-corrected chi connectivity index (χ0v) is 10.0. The van der Waals surface area contributed by atoms with Crippen molar-refractivity contribution < 1.29 is 4.79 Å². The molecule has 0 saturated heterocycles. The number of amides is 1. The van der Waals surface area contributed by atoms with E-state index >= 15 is 0 Å². The molecule has 0 unspecified atom stereocenters. The number of benzene rings is 1. The van der Waals surface area contributed by atoms with Crippen LogP contribution < -0.4 is 5.32 Å². The minimum absolute atomic E-state index is 0.101. The molecule has 1 aromatic carbocycles. The van der Waals surface area contributed by atoms with Gasteiger partial charge in [-0.25, -0.2) is 0 Å². The summed E-state index contributed by atoms with van der Waals surface area (Å²) in [7, 11) is 0. The molecule has 0 aliphatic heterocycles. The van der Waals surface area contributed by atoms with Crippen LogP contribution in [0.1, 0.15) is 13.3 Å². The van der Waals surface area contributed by atoms with Gasteiger partial charge in [-0.3, -0.25) is 4.79 Å².